The normalized spacial score (nSPS) is 30.6. The zero-order chi connectivity index (χ0) is 26.7. The maximum absolute atomic E-state index is 13.5. The molecule has 4 amide bonds. The first-order chi connectivity index (χ1) is 16.7. The first-order valence-corrected chi connectivity index (χ1v) is 13.9. The van der Waals surface area contributed by atoms with E-state index in [4.69, 9.17) is 9.88 Å². The van der Waals surface area contributed by atoms with Crippen LogP contribution in [0.15, 0.2) is 12.2 Å². The Morgan fingerprint density at radius 3 is 2.56 bits per heavy atom. The Morgan fingerprint density at radius 2 is 1.89 bits per heavy atom. The SMILES string of the molecule is CC(C)(C)OC(=O)N[C@H]1CCCCC/C=C\[C@@H]2C[C@@]2(C(=O)NS(N)(=O)=O)NC(=O)[C@@H]2CCCN2C1=O. The second-order valence-corrected chi connectivity index (χ2v) is 12.0. The number of allylic oxidation sites excluding steroid dienone is 1. The first-order valence-electron chi connectivity index (χ1n) is 12.4. The van der Waals surface area contributed by atoms with Crippen LogP contribution < -0.4 is 20.5 Å². The number of ether oxygens (including phenoxy) is 1. The molecule has 4 atom stereocenters. The van der Waals surface area contributed by atoms with E-state index in [2.05, 4.69) is 10.6 Å². The summed E-state index contributed by atoms with van der Waals surface area (Å²) in [6.07, 6.45) is 7.63. The molecule has 3 aliphatic rings. The summed E-state index contributed by atoms with van der Waals surface area (Å²) in [6, 6.07) is -1.71. The molecule has 0 aromatic rings. The largest absolute Gasteiger partial charge is 0.444 e. The minimum atomic E-state index is -4.32. The van der Waals surface area contributed by atoms with Crippen molar-refractivity contribution in [3.63, 3.8) is 0 Å². The molecule has 13 heteroatoms. The topological polar surface area (TPSA) is 177 Å². The number of amides is 4. The number of carbonyl (C=O) groups excluding carboxylic acids is 4. The van der Waals surface area contributed by atoms with Crippen molar-refractivity contribution >= 4 is 34.0 Å². The van der Waals surface area contributed by atoms with Crippen LogP contribution in [-0.2, 0) is 29.3 Å². The Balaban J connectivity index is 1.83. The van der Waals surface area contributed by atoms with Crippen molar-refractivity contribution in [3.8, 4) is 0 Å². The van der Waals surface area contributed by atoms with Gasteiger partial charge in [0.1, 0.15) is 23.2 Å². The van der Waals surface area contributed by atoms with Gasteiger partial charge in [0.2, 0.25) is 11.8 Å². The standard InChI is InChI=1S/C23H37N5O7S/c1-22(2,3)35-21(32)25-16-11-8-6-4-5-7-10-15-14-23(15,20(31)27-36(24,33)34)26-18(29)17-12-9-13-28(17)19(16)30/h7,10,15-17H,4-6,8-9,11-14H2,1-3H3,(H,25,32)(H,26,29)(H,27,31)(H2,24,33,34)/b10-7-/t15-,16+,17+,23-/m1/s1. The van der Waals surface area contributed by atoms with Gasteiger partial charge >= 0.3 is 6.09 Å². The lowest BCUT2D eigenvalue weighted by Crippen LogP contribution is -2.58. The molecule has 0 unspecified atom stereocenters. The number of hydrogen-bond donors (Lipinski definition) is 4. The summed E-state index contributed by atoms with van der Waals surface area (Å²) >= 11 is 0. The molecule has 36 heavy (non-hydrogen) atoms. The van der Waals surface area contributed by atoms with E-state index in [1.807, 2.05) is 12.2 Å². The van der Waals surface area contributed by atoms with Gasteiger partial charge in [0.15, 0.2) is 0 Å². The Kier molecular flexibility index (Phi) is 8.33. The van der Waals surface area contributed by atoms with E-state index in [1.54, 1.807) is 25.5 Å². The number of fused-ring (bicyclic) bond motifs is 2. The summed E-state index contributed by atoms with van der Waals surface area (Å²) in [4.78, 5) is 53.5. The van der Waals surface area contributed by atoms with Gasteiger partial charge in [-0.3, -0.25) is 14.4 Å². The molecule has 2 aliphatic heterocycles. The number of hydrogen-bond acceptors (Lipinski definition) is 7. The molecule has 0 bridgehead atoms. The maximum Gasteiger partial charge on any atom is 0.408 e. The van der Waals surface area contributed by atoms with E-state index >= 15 is 0 Å². The predicted octanol–water partition coefficient (Wildman–Crippen LogP) is 0.586. The van der Waals surface area contributed by atoms with Crippen molar-refractivity contribution < 1.29 is 32.3 Å². The fourth-order valence-electron chi connectivity index (χ4n) is 4.76. The van der Waals surface area contributed by atoms with Crippen LogP contribution in [0.2, 0.25) is 0 Å². The molecule has 12 nitrogen and oxygen atoms in total. The molecule has 1 saturated heterocycles. The van der Waals surface area contributed by atoms with E-state index in [-0.39, 0.29) is 18.2 Å². The average molecular weight is 528 g/mol. The molecule has 3 rings (SSSR count). The van der Waals surface area contributed by atoms with E-state index in [0.717, 1.165) is 12.8 Å². The van der Waals surface area contributed by atoms with Gasteiger partial charge in [0.25, 0.3) is 16.1 Å². The van der Waals surface area contributed by atoms with Crippen LogP contribution in [0, 0.1) is 5.92 Å². The summed E-state index contributed by atoms with van der Waals surface area (Å²) < 4.78 is 30.1. The van der Waals surface area contributed by atoms with Gasteiger partial charge < -0.3 is 20.3 Å². The van der Waals surface area contributed by atoms with Gasteiger partial charge in [-0.05, 0) is 59.3 Å². The lowest BCUT2D eigenvalue weighted by Gasteiger charge is -2.30. The van der Waals surface area contributed by atoms with Crippen LogP contribution in [0.4, 0.5) is 4.79 Å². The monoisotopic (exact) mass is 527 g/mol. The average Bonchev–Trinajstić information content (AvgIpc) is 3.20. The number of carbonyl (C=O) groups is 4. The summed E-state index contributed by atoms with van der Waals surface area (Å²) in [7, 11) is -4.32. The third-order valence-electron chi connectivity index (χ3n) is 6.56. The minimum absolute atomic E-state index is 0.222. The number of rotatable bonds is 3. The molecule has 0 aromatic carbocycles. The zero-order valence-corrected chi connectivity index (χ0v) is 21.9. The lowest BCUT2D eigenvalue weighted by molar-refractivity contribution is -0.141. The van der Waals surface area contributed by atoms with Gasteiger partial charge in [-0.15, -0.1) is 0 Å². The van der Waals surface area contributed by atoms with Crippen LogP contribution in [0.25, 0.3) is 0 Å². The second kappa shape index (κ2) is 10.8. The molecule has 0 radical (unpaired) electrons. The molecular formula is C23H37N5O7S. The molecule has 2 heterocycles. The molecule has 1 aliphatic carbocycles. The van der Waals surface area contributed by atoms with Crippen LogP contribution in [-0.4, -0.2) is 66.9 Å². The van der Waals surface area contributed by atoms with Crippen LogP contribution in [0.5, 0.6) is 0 Å². The summed E-state index contributed by atoms with van der Waals surface area (Å²) in [6.45, 7) is 5.51. The highest BCUT2D eigenvalue weighted by atomic mass is 32.2. The summed E-state index contributed by atoms with van der Waals surface area (Å²) in [5.74, 6) is -2.23. The molecule has 0 aromatic heterocycles. The Hall–Kier alpha value is -2.67. The van der Waals surface area contributed by atoms with Gasteiger partial charge in [0.05, 0.1) is 0 Å². The fraction of sp³-hybridized carbons (Fsp3) is 0.739. The summed E-state index contributed by atoms with van der Waals surface area (Å²) in [5.41, 5.74) is -2.19. The van der Waals surface area contributed by atoms with Crippen LogP contribution in [0.3, 0.4) is 0 Å². The smallest absolute Gasteiger partial charge is 0.408 e. The van der Waals surface area contributed by atoms with Gasteiger partial charge in [-0.1, -0.05) is 25.0 Å². The molecule has 202 valence electrons. The number of nitrogens with one attached hydrogen (secondary N) is 3. The van der Waals surface area contributed by atoms with Crippen molar-refractivity contribution in [2.24, 2.45) is 11.1 Å². The third kappa shape index (κ3) is 7.19. The van der Waals surface area contributed by atoms with Crippen molar-refractivity contribution in [2.45, 2.75) is 95.4 Å². The van der Waals surface area contributed by atoms with E-state index < -0.39 is 51.3 Å². The number of nitrogens with zero attached hydrogens (tertiary/aromatic N) is 1. The molecule has 2 fully saturated rings. The minimum Gasteiger partial charge on any atom is -0.444 e. The first kappa shape index (κ1) is 27.9. The van der Waals surface area contributed by atoms with Crippen LogP contribution >= 0.6 is 0 Å². The van der Waals surface area contributed by atoms with E-state index in [9.17, 15) is 27.6 Å². The van der Waals surface area contributed by atoms with Gasteiger partial charge in [-0.2, -0.15) is 8.42 Å². The lowest BCUT2D eigenvalue weighted by atomic mass is 10.0. The van der Waals surface area contributed by atoms with E-state index in [1.165, 1.54) is 4.90 Å². The van der Waals surface area contributed by atoms with Gasteiger partial charge in [-0.25, -0.2) is 14.7 Å². The van der Waals surface area contributed by atoms with Crippen LogP contribution in [0.1, 0.15) is 72.1 Å². The Morgan fingerprint density at radius 1 is 1.17 bits per heavy atom. The predicted molar refractivity (Wildman–Crippen MR) is 130 cm³/mol. The Bertz CT molecular complexity index is 1020. The van der Waals surface area contributed by atoms with Crippen molar-refractivity contribution in [2.75, 3.05) is 6.54 Å². The highest BCUT2D eigenvalue weighted by molar-refractivity contribution is 7.87. The van der Waals surface area contributed by atoms with E-state index in [0.29, 0.717) is 38.6 Å². The number of alkyl carbamates (subject to hydrolysis) is 1. The Labute approximate surface area is 211 Å². The second-order valence-electron chi connectivity index (χ2n) is 10.7. The molecule has 0 spiro atoms. The summed E-state index contributed by atoms with van der Waals surface area (Å²) in [5, 5.41) is 10.4. The molecular weight excluding hydrogens is 490 g/mol. The van der Waals surface area contributed by atoms with Crippen molar-refractivity contribution in [1.29, 1.82) is 0 Å². The highest BCUT2D eigenvalue weighted by Crippen LogP contribution is 2.45. The van der Waals surface area contributed by atoms with Gasteiger partial charge in [0, 0.05) is 12.5 Å². The molecule has 5 N–H and O–H groups in total. The fourth-order valence-corrected chi connectivity index (χ4v) is 5.20. The third-order valence-corrected chi connectivity index (χ3v) is 7.03. The quantitative estimate of drug-likeness (QED) is 0.388. The number of nitrogens with two attached hydrogens (primary N) is 1. The zero-order valence-electron chi connectivity index (χ0n) is 21.0. The van der Waals surface area contributed by atoms with Crippen molar-refractivity contribution in [1.82, 2.24) is 20.3 Å². The van der Waals surface area contributed by atoms with Crippen molar-refractivity contribution in [3.05, 3.63) is 12.2 Å². The highest BCUT2D eigenvalue weighted by Gasteiger charge is 2.61. The molecule has 1 saturated carbocycles. The maximum atomic E-state index is 13.5.